The molecule has 188 valence electrons. The molecule has 5 aromatic rings. The predicted octanol–water partition coefficient (Wildman–Crippen LogP) is 6.85. The van der Waals surface area contributed by atoms with E-state index in [-0.39, 0.29) is 5.82 Å². The van der Waals surface area contributed by atoms with Gasteiger partial charge in [-0.05, 0) is 72.2 Å². The van der Waals surface area contributed by atoms with Gasteiger partial charge in [-0.25, -0.2) is 9.37 Å². The summed E-state index contributed by atoms with van der Waals surface area (Å²) in [6.07, 6.45) is 1.06. The van der Waals surface area contributed by atoms with Crippen molar-refractivity contribution in [3.05, 3.63) is 112 Å². The monoisotopic (exact) mass is 556 g/mol. The average molecular weight is 558 g/mol. The lowest BCUT2D eigenvalue weighted by Crippen LogP contribution is -2.31. The maximum atomic E-state index is 14.3. The fraction of sp³-hybridized carbons (Fsp3) is 0.258. The van der Waals surface area contributed by atoms with Crippen molar-refractivity contribution < 1.29 is 4.39 Å². The van der Waals surface area contributed by atoms with Gasteiger partial charge in [-0.3, -0.25) is 9.80 Å². The first-order chi connectivity index (χ1) is 18.1. The minimum absolute atomic E-state index is 0.133. The number of halogens is 2. The van der Waals surface area contributed by atoms with E-state index >= 15 is 0 Å². The van der Waals surface area contributed by atoms with E-state index in [2.05, 4.69) is 97.0 Å². The Morgan fingerprint density at radius 2 is 1.49 bits per heavy atom. The van der Waals surface area contributed by atoms with E-state index in [9.17, 15) is 4.39 Å². The molecule has 6 heteroatoms. The highest BCUT2D eigenvalue weighted by Gasteiger charge is 2.19. The number of imidazole rings is 1. The van der Waals surface area contributed by atoms with E-state index in [0.717, 1.165) is 67.1 Å². The van der Waals surface area contributed by atoms with Crippen molar-refractivity contribution in [3.63, 3.8) is 0 Å². The van der Waals surface area contributed by atoms with Crippen LogP contribution in [0, 0.1) is 5.82 Å². The molecular formula is C31H30BrFN4. The summed E-state index contributed by atoms with van der Waals surface area (Å²) < 4.78 is 17.6. The first-order valence-electron chi connectivity index (χ1n) is 12.9. The first-order valence-corrected chi connectivity index (χ1v) is 13.7. The lowest BCUT2D eigenvalue weighted by atomic mass is 10.1. The Balaban J connectivity index is 1.20. The second kappa shape index (κ2) is 10.7. The van der Waals surface area contributed by atoms with Gasteiger partial charge in [0.1, 0.15) is 11.6 Å². The van der Waals surface area contributed by atoms with Crippen molar-refractivity contribution in [2.45, 2.75) is 26.1 Å². The van der Waals surface area contributed by atoms with Crippen LogP contribution in [0.15, 0.2) is 89.4 Å². The first kappa shape index (κ1) is 24.3. The number of hydrogen-bond acceptors (Lipinski definition) is 3. The minimum atomic E-state index is -0.133. The van der Waals surface area contributed by atoms with Gasteiger partial charge >= 0.3 is 0 Å². The van der Waals surface area contributed by atoms with Crippen LogP contribution in [0.2, 0.25) is 0 Å². The molecule has 0 saturated carbocycles. The Morgan fingerprint density at radius 3 is 2.35 bits per heavy atom. The quantitative estimate of drug-likeness (QED) is 0.228. The van der Waals surface area contributed by atoms with Crippen molar-refractivity contribution >= 4 is 37.7 Å². The van der Waals surface area contributed by atoms with Crippen LogP contribution in [0.25, 0.3) is 21.8 Å². The zero-order valence-electron chi connectivity index (χ0n) is 20.8. The molecule has 0 radical (unpaired) electrons. The summed E-state index contributed by atoms with van der Waals surface area (Å²) in [6.45, 7) is 6.07. The molecule has 1 fully saturated rings. The van der Waals surface area contributed by atoms with Crippen LogP contribution in [0.4, 0.5) is 4.39 Å². The van der Waals surface area contributed by atoms with Crippen LogP contribution in [-0.2, 0) is 19.6 Å². The van der Waals surface area contributed by atoms with E-state index in [1.807, 2.05) is 6.07 Å². The minimum Gasteiger partial charge on any atom is -0.322 e. The summed E-state index contributed by atoms with van der Waals surface area (Å²) >= 11 is 3.48. The Kier molecular flexibility index (Phi) is 7.05. The largest absolute Gasteiger partial charge is 0.322 e. The average Bonchev–Trinajstić information content (AvgIpc) is 3.09. The van der Waals surface area contributed by atoms with Crippen molar-refractivity contribution in [1.29, 1.82) is 0 Å². The van der Waals surface area contributed by atoms with E-state index in [1.54, 1.807) is 12.1 Å². The topological polar surface area (TPSA) is 24.3 Å². The number of para-hydroxylation sites is 2. The number of benzene rings is 4. The summed E-state index contributed by atoms with van der Waals surface area (Å²) in [6, 6.07) is 28.9. The highest BCUT2D eigenvalue weighted by molar-refractivity contribution is 9.10. The summed E-state index contributed by atoms with van der Waals surface area (Å²) in [7, 11) is 0. The molecule has 0 spiro atoms. The van der Waals surface area contributed by atoms with Gasteiger partial charge in [-0.15, -0.1) is 0 Å². The van der Waals surface area contributed by atoms with Gasteiger partial charge in [-0.1, -0.05) is 64.5 Å². The lowest BCUT2D eigenvalue weighted by molar-refractivity contribution is 0.240. The van der Waals surface area contributed by atoms with Crippen molar-refractivity contribution in [2.75, 3.05) is 26.2 Å². The van der Waals surface area contributed by atoms with Crippen molar-refractivity contribution in [2.24, 2.45) is 0 Å². The molecule has 0 aliphatic carbocycles. The highest BCUT2D eigenvalue weighted by Crippen LogP contribution is 2.23. The number of aromatic nitrogens is 2. The van der Waals surface area contributed by atoms with Crippen molar-refractivity contribution in [3.8, 4) is 0 Å². The third-order valence-electron chi connectivity index (χ3n) is 7.34. The Morgan fingerprint density at radius 1 is 0.730 bits per heavy atom. The van der Waals surface area contributed by atoms with E-state index in [0.29, 0.717) is 6.54 Å². The number of nitrogens with zero attached hydrogens (tertiary/aromatic N) is 4. The molecule has 1 aliphatic heterocycles. The molecule has 4 nitrogen and oxygen atoms in total. The van der Waals surface area contributed by atoms with Crippen LogP contribution in [0.1, 0.15) is 23.4 Å². The van der Waals surface area contributed by atoms with Gasteiger partial charge in [0, 0.05) is 36.2 Å². The predicted molar refractivity (Wildman–Crippen MR) is 152 cm³/mol. The fourth-order valence-electron chi connectivity index (χ4n) is 5.39. The van der Waals surface area contributed by atoms with Gasteiger partial charge in [0.05, 0.1) is 17.6 Å². The maximum absolute atomic E-state index is 14.3. The molecule has 0 amide bonds. The molecular weight excluding hydrogens is 527 g/mol. The lowest BCUT2D eigenvalue weighted by Gasteiger charge is -2.22. The Bertz CT molecular complexity index is 1550. The Labute approximate surface area is 225 Å². The molecule has 37 heavy (non-hydrogen) atoms. The third kappa shape index (κ3) is 5.47. The standard InChI is InChI=1S/C31H30BrFN4/c32-27-12-13-28(33)26(19-27)21-35-14-5-15-36(17-16-35)22-31-34-29-8-3-4-9-30(29)37(31)20-23-10-11-24-6-1-2-7-25(24)18-23/h1-4,6-13,18-19H,5,14-17,20-22H2. The Hall–Kier alpha value is -3.06. The smallest absolute Gasteiger partial charge is 0.127 e. The summed E-state index contributed by atoms with van der Waals surface area (Å²) in [5.41, 5.74) is 4.24. The third-order valence-corrected chi connectivity index (χ3v) is 7.83. The normalized spacial score (nSPS) is 15.4. The number of rotatable bonds is 6. The zero-order valence-corrected chi connectivity index (χ0v) is 22.4. The molecule has 0 atom stereocenters. The van der Waals surface area contributed by atoms with Crippen molar-refractivity contribution in [1.82, 2.24) is 19.4 Å². The molecule has 0 bridgehead atoms. The molecule has 1 aliphatic rings. The second-order valence-electron chi connectivity index (χ2n) is 9.93. The maximum Gasteiger partial charge on any atom is 0.127 e. The van der Waals surface area contributed by atoms with E-state index in [4.69, 9.17) is 4.98 Å². The molecule has 2 heterocycles. The van der Waals surface area contributed by atoms with Gasteiger partial charge in [0.15, 0.2) is 0 Å². The van der Waals surface area contributed by atoms with E-state index < -0.39 is 0 Å². The molecule has 1 saturated heterocycles. The van der Waals surface area contributed by atoms with Crippen LogP contribution >= 0.6 is 15.9 Å². The molecule has 4 aromatic carbocycles. The summed E-state index contributed by atoms with van der Waals surface area (Å²) in [4.78, 5) is 9.92. The number of hydrogen-bond donors (Lipinski definition) is 0. The van der Waals surface area contributed by atoms with E-state index in [1.165, 1.54) is 21.9 Å². The highest BCUT2D eigenvalue weighted by atomic mass is 79.9. The SMILES string of the molecule is Fc1ccc(Br)cc1CN1CCCN(Cc2nc3ccccc3n2Cc2ccc3ccccc3c2)CC1. The van der Waals surface area contributed by atoms with Crippen LogP contribution in [-0.4, -0.2) is 45.5 Å². The summed E-state index contributed by atoms with van der Waals surface area (Å²) in [5.74, 6) is 0.965. The number of fused-ring (bicyclic) bond motifs is 2. The molecule has 1 aromatic heterocycles. The molecule has 0 N–H and O–H groups in total. The van der Waals surface area contributed by atoms with Gasteiger partial charge < -0.3 is 4.57 Å². The zero-order chi connectivity index (χ0) is 25.2. The van der Waals surface area contributed by atoms with Gasteiger partial charge in [0.25, 0.3) is 0 Å². The van der Waals surface area contributed by atoms with Crippen LogP contribution in [0.5, 0.6) is 0 Å². The molecule has 6 rings (SSSR count). The van der Waals surface area contributed by atoms with Gasteiger partial charge in [0.2, 0.25) is 0 Å². The summed E-state index contributed by atoms with van der Waals surface area (Å²) in [5, 5.41) is 2.53. The molecule has 0 unspecified atom stereocenters. The van der Waals surface area contributed by atoms with Crippen LogP contribution < -0.4 is 0 Å². The fourth-order valence-corrected chi connectivity index (χ4v) is 5.80. The second-order valence-corrected chi connectivity index (χ2v) is 10.8. The van der Waals surface area contributed by atoms with Gasteiger partial charge in [-0.2, -0.15) is 0 Å². The van der Waals surface area contributed by atoms with Crippen LogP contribution in [0.3, 0.4) is 0 Å².